The van der Waals surface area contributed by atoms with Crippen molar-refractivity contribution in [2.24, 2.45) is 0 Å². The number of hydrogen-bond donors (Lipinski definition) is 2. The lowest BCUT2D eigenvalue weighted by Gasteiger charge is -2.38. The van der Waals surface area contributed by atoms with Crippen molar-refractivity contribution in [3.8, 4) is 5.88 Å². The molecule has 0 unspecified atom stereocenters. The number of fused-ring (bicyclic) bond motifs is 1. The number of piperidine rings is 1. The first-order valence-corrected chi connectivity index (χ1v) is 11.1. The van der Waals surface area contributed by atoms with E-state index in [0.29, 0.717) is 13.2 Å². The quantitative estimate of drug-likeness (QED) is 0.688. The third-order valence-corrected chi connectivity index (χ3v) is 7.55. The minimum absolute atomic E-state index is 0.0855. The molecule has 7 nitrogen and oxygen atoms in total. The van der Waals surface area contributed by atoms with Crippen molar-refractivity contribution in [1.29, 1.82) is 0 Å². The molecule has 27 heavy (non-hydrogen) atoms. The number of likely N-dealkylation sites (tertiary alicyclic amines) is 1. The highest BCUT2D eigenvalue weighted by Crippen LogP contribution is 2.37. The summed E-state index contributed by atoms with van der Waals surface area (Å²) in [4.78, 5) is 8.93. The zero-order chi connectivity index (χ0) is 18.4. The number of aromatic nitrogens is 3. The molecule has 0 aliphatic carbocycles. The third kappa shape index (κ3) is 2.98. The van der Waals surface area contributed by atoms with Crippen molar-refractivity contribution in [2.45, 2.75) is 38.0 Å². The van der Waals surface area contributed by atoms with E-state index < -0.39 is 0 Å². The molecule has 2 aliphatic rings. The molecule has 0 saturated carbocycles. The first-order valence-electron chi connectivity index (χ1n) is 9.42. The number of thiophene rings is 1. The van der Waals surface area contributed by atoms with Crippen molar-refractivity contribution in [3.63, 3.8) is 0 Å². The molecule has 1 atom stereocenters. The lowest BCUT2D eigenvalue weighted by Crippen LogP contribution is -3.14. The lowest BCUT2D eigenvalue weighted by atomic mass is 10.0. The molecular weight excluding hydrogens is 384 g/mol. The van der Waals surface area contributed by atoms with Gasteiger partial charge in [-0.15, -0.1) is 16.4 Å². The highest BCUT2D eigenvalue weighted by molar-refractivity contribution is 7.17. The van der Waals surface area contributed by atoms with Gasteiger partial charge in [0.2, 0.25) is 10.8 Å². The van der Waals surface area contributed by atoms with E-state index in [4.69, 9.17) is 9.47 Å². The molecule has 2 fully saturated rings. The van der Waals surface area contributed by atoms with Gasteiger partial charge in [0.15, 0.2) is 17.7 Å². The average Bonchev–Trinajstić information content (AvgIpc) is 3.46. The predicted octanol–water partition coefficient (Wildman–Crippen LogP) is 1.63. The third-order valence-electron chi connectivity index (χ3n) is 5.53. The molecule has 9 heteroatoms. The van der Waals surface area contributed by atoms with E-state index in [0.717, 1.165) is 48.0 Å². The minimum atomic E-state index is -0.382. The van der Waals surface area contributed by atoms with Crippen LogP contribution in [0, 0.1) is 0 Å². The number of quaternary nitrogens is 1. The second kappa shape index (κ2) is 6.82. The lowest BCUT2D eigenvalue weighted by molar-refractivity contribution is -0.933. The van der Waals surface area contributed by atoms with E-state index in [1.54, 1.807) is 27.2 Å². The normalized spacial score (nSPS) is 21.4. The molecule has 0 amide bonds. The number of hydrogen-bond acceptors (Lipinski definition) is 7. The average molecular weight is 408 g/mol. The Labute approximate surface area is 165 Å². The predicted molar refractivity (Wildman–Crippen MR) is 103 cm³/mol. The fourth-order valence-corrected chi connectivity index (χ4v) is 6.24. The standard InChI is InChI=1S/C18H22N4O3S2/c1-2-13-19-17-22(20-13)16(23)15(27-17)14(12-4-3-11-26-12)21-7-5-18(6-8-21)24-9-10-25-18/h3-4,11,14,23H,2,5-10H2,1H3/p+1/t14-/m0/s1. The summed E-state index contributed by atoms with van der Waals surface area (Å²) in [6.45, 7) is 5.29. The Morgan fingerprint density at radius 1 is 1.33 bits per heavy atom. The fourth-order valence-electron chi connectivity index (χ4n) is 4.13. The number of thiazole rings is 1. The van der Waals surface area contributed by atoms with Crippen molar-refractivity contribution in [2.75, 3.05) is 26.3 Å². The van der Waals surface area contributed by atoms with Gasteiger partial charge < -0.3 is 19.5 Å². The molecule has 5 rings (SSSR count). The molecule has 2 N–H and O–H groups in total. The summed E-state index contributed by atoms with van der Waals surface area (Å²) in [7, 11) is 0. The fraction of sp³-hybridized carbons (Fsp3) is 0.556. The molecule has 2 aliphatic heterocycles. The van der Waals surface area contributed by atoms with Crippen LogP contribution >= 0.6 is 22.7 Å². The van der Waals surface area contributed by atoms with Crippen LogP contribution in [0.3, 0.4) is 0 Å². The highest BCUT2D eigenvalue weighted by Gasteiger charge is 2.45. The molecule has 144 valence electrons. The Kier molecular flexibility index (Phi) is 4.44. The Bertz CT molecular complexity index is 920. The number of ether oxygens (including phenoxy) is 2. The van der Waals surface area contributed by atoms with E-state index in [1.807, 2.05) is 6.92 Å². The van der Waals surface area contributed by atoms with E-state index in [-0.39, 0.29) is 17.7 Å². The highest BCUT2D eigenvalue weighted by atomic mass is 32.1. The second-order valence-electron chi connectivity index (χ2n) is 7.08. The zero-order valence-electron chi connectivity index (χ0n) is 15.2. The number of rotatable bonds is 4. The van der Waals surface area contributed by atoms with Crippen LogP contribution in [0.25, 0.3) is 4.96 Å². The van der Waals surface area contributed by atoms with Gasteiger partial charge in [0.1, 0.15) is 4.88 Å². The van der Waals surface area contributed by atoms with Gasteiger partial charge in [0.25, 0.3) is 0 Å². The van der Waals surface area contributed by atoms with Gasteiger partial charge in [-0.25, -0.2) is 4.98 Å². The smallest absolute Gasteiger partial charge is 0.235 e. The van der Waals surface area contributed by atoms with Crippen LogP contribution in [0.5, 0.6) is 5.88 Å². The van der Waals surface area contributed by atoms with Gasteiger partial charge in [0.05, 0.1) is 44.0 Å². The first-order chi connectivity index (χ1) is 13.2. The van der Waals surface area contributed by atoms with Crippen LogP contribution in [0.4, 0.5) is 0 Å². The van der Waals surface area contributed by atoms with Crippen LogP contribution in [-0.4, -0.2) is 51.8 Å². The molecule has 1 spiro atoms. The number of nitrogens with zero attached hydrogens (tertiary/aromatic N) is 3. The monoisotopic (exact) mass is 407 g/mol. The van der Waals surface area contributed by atoms with Crippen LogP contribution in [0.1, 0.15) is 41.4 Å². The van der Waals surface area contributed by atoms with E-state index >= 15 is 0 Å². The molecular formula is C18H23N4O3S2+. The molecule has 3 aromatic rings. The Hall–Kier alpha value is -1.52. The maximum Gasteiger partial charge on any atom is 0.235 e. The molecule has 0 bridgehead atoms. The topological polar surface area (TPSA) is 73.3 Å². The van der Waals surface area contributed by atoms with Crippen molar-refractivity contribution < 1.29 is 19.5 Å². The number of nitrogens with one attached hydrogen (secondary N) is 1. The Morgan fingerprint density at radius 2 is 2.11 bits per heavy atom. The molecule has 2 saturated heterocycles. The van der Waals surface area contributed by atoms with Crippen LogP contribution in [0.15, 0.2) is 17.5 Å². The van der Waals surface area contributed by atoms with E-state index in [2.05, 4.69) is 27.6 Å². The van der Waals surface area contributed by atoms with Crippen molar-refractivity contribution in [1.82, 2.24) is 14.6 Å². The zero-order valence-corrected chi connectivity index (χ0v) is 16.8. The SMILES string of the molecule is CCc1nc2sc([C@H](c3cccs3)[NH+]3CCC4(CC3)OCCO4)c(O)n2n1. The summed E-state index contributed by atoms with van der Waals surface area (Å²) in [6, 6.07) is 4.31. The van der Waals surface area contributed by atoms with Crippen molar-refractivity contribution >= 4 is 27.6 Å². The van der Waals surface area contributed by atoms with Crippen molar-refractivity contribution in [3.05, 3.63) is 33.1 Å². The molecule has 0 radical (unpaired) electrons. The van der Waals surface area contributed by atoms with Gasteiger partial charge >= 0.3 is 0 Å². The second-order valence-corrected chi connectivity index (χ2v) is 9.07. The van der Waals surface area contributed by atoms with E-state index in [9.17, 15) is 5.11 Å². The Balaban J connectivity index is 1.49. The maximum absolute atomic E-state index is 10.9. The minimum Gasteiger partial charge on any atom is -0.492 e. The number of aromatic hydroxyl groups is 1. The van der Waals surface area contributed by atoms with Gasteiger partial charge in [-0.2, -0.15) is 4.52 Å². The molecule has 5 heterocycles. The molecule has 3 aromatic heterocycles. The van der Waals surface area contributed by atoms with Gasteiger partial charge in [-0.05, 0) is 11.4 Å². The maximum atomic E-state index is 10.9. The van der Waals surface area contributed by atoms with E-state index in [1.165, 1.54) is 9.78 Å². The van der Waals surface area contributed by atoms with Crippen LogP contribution < -0.4 is 4.90 Å². The van der Waals surface area contributed by atoms with Gasteiger partial charge in [-0.1, -0.05) is 24.3 Å². The summed E-state index contributed by atoms with van der Waals surface area (Å²) in [5.74, 6) is 0.605. The van der Waals surface area contributed by atoms with Gasteiger partial charge in [-0.3, -0.25) is 0 Å². The summed E-state index contributed by atoms with van der Waals surface area (Å²) in [5.41, 5.74) is 0. The first kappa shape index (κ1) is 17.6. The largest absolute Gasteiger partial charge is 0.492 e. The summed E-state index contributed by atoms with van der Waals surface area (Å²) in [6.07, 6.45) is 2.52. The van der Waals surface area contributed by atoms with Gasteiger partial charge in [0, 0.05) is 6.42 Å². The van der Waals surface area contributed by atoms with Crippen LogP contribution in [-0.2, 0) is 15.9 Å². The summed E-state index contributed by atoms with van der Waals surface area (Å²) in [5, 5.41) is 17.5. The summed E-state index contributed by atoms with van der Waals surface area (Å²) >= 11 is 3.28. The molecule has 0 aromatic carbocycles. The Morgan fingerprint density at radius 3 is 2.74 bits per heavy atom. The summed E-state index contributed by atoms with van der Waals surface area (Å²) < 4.78 is 13.4. The van der Waals surface area contributed by atoms with Crippen LogP contribution in [0.2, 0.25) is 0 Å². The number of aryl methyl sites for hydroxylation is 1.